The van der Waals surface area contributed by atoms with Crippen molar-refractivity contribution in [3.8, 4) is 0 Å². The predicted molar refractivity (Wildman–Crippen MR) is 68.1 cm³/mol. The lowest BCUT2D eigenvalue weighted by molar-refractivity contribution is -0.141. The van der Waals surface area contributed by atoms with Crippen molar-refractivity contribution in [3.63, 3.8) is 0 Å². The van der Waals surface area contributed by atoms with Crippen LogP contribution < -0.4 is 5.73 Å². The molecule has 0 aliphatic carbocycles. The number of hydrogen-bond donors (Lipinski definition) is 1. The third kappa shape index (κ3) is 3.54. The lowest BCUT2D eigenvalue weighted by atomic mass is 10.0. The van der Waals surface area contributed by atoms with E-state index in [9.17, 15) is 4.79 Å². The summed E-state index contributed by atoms with van der Waals surface area (Å²) in [4.78, 5) is 15.5. The van der Waals surface area contributed by atoms with E-state index in [4.69, 9.17) is 5.73 Å². The second-order valence-corrected chi connectivity index (χ2v) is 5.00. The van der Waals surface area contributed by atoms with Gasteiger partial charge in [0.05, 0.1) is 19.2 Å². The molecule has 0 aliphatic heterocycles. The van der Waals surface area contributed by atoms with E-state index in [2.05, 4.69) is 41.6 Å². The van der Waals surface area contributed by atoms with Crippen molar-refractivity contribution in [1.82, 2.24) is 4.98 Å². The van der Waals surface area contributed by atoms with E-state index in [-0.39, 0.29) is 18.3 Å². The number of aromatic nitrogens is 1. The highest BCUT2D eigenvalue weighted by Gasteiger charge is 2.18. The zero-order valence-electron chi connectivity index (χ0n) is 8.74. The number of hydrogen-bond acceptors (Lipinski definition) is 4. The molecule has 6 heteroatoms. The van der Waals surface area contributed by atoms with Crippen LogP contribution in [0.5, 0.6) is 0 Å². The Morgan fingerprint density at radius 2 is 2.31 bits per heavy atom. The number of carbonyl (C=O) groups excluding carboxylic acids is 1. The molecule has 0 radical (unpaired) electrons. The Morgan fingerprint density at radius 1 is 1.62 bits per heavy atom. The molecule has 0 bridgehead atoms. The summed E-state index contributed by atoms with van der Waals surface area (Å²) >= 11 is 6.72. The van der Waals surface area contributed by atoms with E-state index < -0.39 is 0 Å². The zero-order valence-corrected chi connectivity index (χ0v) is 11.9. The zero-order chi connectivity index (χ0) is 12.1. The van der Waals surface area contributed by atoms with Gasteiger partial charge in [-0.05, 0) is 37.9 Å². The number of methoxy groups -OCH3 is 1. The van der Waals surface area contributed by atoms with Crippen LogP contribution in [0.3, 0.4) is 0 Å². The minimum Gasteiger partial charge on any atom is -0.469 e. The molecular formula is C10H12Br2N2O2. The summed E-state index contributed by atoms with van der Waals surface area (Å²) in [5, 5.41) is 0. The molecule has 0 saturated heterocycles. The van der Waals surface area contributed by atoms with Crippen LogP contribution in [0.1, 0.15) is 18.0 Å². The molecule has 0 spiro atoms. The van der Waals surface area contributed by atoms with Crippen LogP contribution in [-0.2, 0) is 9.53 Å². The normalized spacial score (nSPS) is 12.2. The minimum absolute atomic E-state index is 0.130. The molecule has 88 valence electrons. The molecule has 4 nitrogen and oxygen atoms in total. The average molecular weight is 352 g/mol. The predicted octanol–water partition coefficient (Wildman–Crippen LogP) is 2.21. The number of rotatable bonds is 4. The molecule has 0 saturated carbocycles. The van der Waals surface area contributed by atoms with Crippen LogP contribution in [0, 0.1) is 0 Å². The molecule has 1 aromatic rings. The fraction of sp³-hybridized carbons (Fsp3) is 0.400. The Kier molecular flexibility index (Phi) is 5.37. The summed E-state index contributed by atoms with van der Waals surface area (Å²) < 4.78 is 6.33. The maximum Gasteiger partial charge on any atom is 0.306 e. The first-order valence-corrected chi connectivity index (χ1v) is 6.25. The average Bonchev–Trinajstić information content (AvgIpc) is 2.26. The molecular weight excluding hydrogens is 340 g/mol. The van der Waals surface area contributed by atoms with Crippen LogP contribution in [-0.4, -0.2) is 24.6 Å². The van der Waals surface area contributed by atoms with Gasteiger partial charge < -0.3 is 10.5 Å². The van der Waals surface area contributed by atoms with E-state index in [0.29, 0.717) is 6.54 Å². The Hall–Kier alpha value is -0.460. The highest BCUT2D eigenvalue weighted by molar-refractivity contribution is 9.11. The SMILES string of the molecule is COC(=O)CC(CN)c1ncc(Br)cc1Br. The van der Waals surface area contributed by atoms with Gasteiger partial charge in [-0.2, -0.15) is 0 Å². The van der Waals surface area contributed by atoms with Gasteiger partial charge in [0.15, 0.2) is 0 Å². The van der Waals surface area contributed by atoms with Crippen LogP contribution >= 0.6 is 31.9 Å². The summed E-state index contributed by atoms with van der Waals surface area (Å²) in [5.41, 5.74) is 6.41. The number of carbonyl (C=O) groups is 1. The lowest BCUT2D eigenvalue weighted by Crippen LogP contribution is -2.18. The van der Waals surface area contributed by atoms with Gasteiger partial charge in [0.25, 0.3) is 0 Å². The standard InChI is InChI=1S/C10H12Br2N2O2/c1-16-9(15)2-6(4-13)10-8(12)3-7(11)5-14-10/h3,5-6H,2,4,13H2,1H3. The van der Waals surface area contributed by atoms with Crippen molar-refractivity contribution in [2.45, 2.75) is 12.3 Å². The minimum atomic E-state index is -0.285. The van der Waals surface area contributed by atoms with Crippen molar-refractivity contribution in [3.05, 3.63) is 26.9 Å². The molecule has 1 unspecified atom stereocenters. The van der Waals surface area contributed by atoms with Gasteiger partial charge in [0, 0.05) is 27.6 Å². The quantitative estimate of drug-likeness (QED) is 0.844. The molecule has 1 aromatic heterocycles. The second-order valence-electron chi connectivity index (χ2n) is 3.23. The van der Waals surface area contributed by atoms with Gasteiger partial charge in [0.1, 0.15) is 0 Å². The highest BCUT2D eigenvalue weighted by atomic mass is 79.9. The number of pyridine rings is 1. The summed E-state index contributed by atoms with van der Waals surface area (Å²) in [6, 6.07) is 1.88. The van der Waals surface area contributed by atoms with E-state index in [1.54, 1.807) is 6.20 Å². The third-order valence-electron chi connectivity index (χ3n) is 2.15. The van der Waals surface area contributed by atoms with Crippen LogP contribution in [0.4, 0.5) is 0 Å². The van der Waals surface area contributed by atoms with Crippen LogP contribution in [0.2, 0.25) is 0 Å². The Bertz CT molecular complexity index is 385. The Morgan fingerprint density at radius 3 is 2.81 bits per heavy atom. The van der Waals surface area contributed by atoms with Crippen molar-refractivity contribution in [1.29, 1.82) is 0 Å². The molecule has 0 amide bonds. The van der Waals surface area contributed by atoms with Crippen molar-refractivity contribution < 1.29 is 9.53 Å². The third-order valence-corrected chi connectivity index (χ3v) is 3.22. The van der Waals surface area contributed by atoms with Gasteiger partial charge in [-0.25, -0.2) is 0 Å². The van der Waals surface area contributed by atoms with Gasteiger partial charge in [-0.3, -0.25) is 9.78 Å². The topological polar surface area (TPSA) is 65.2 Å². The summed E-state index contributed by atoms with van der Waals surface area (Å²) in [6.45, 7) is 0.350. The molecule has 1 rings (SSSR count). The second kappa shape index (κ2) is 6.32. The monoisotopic (exact) mass is 350 g/mol. The molecule has 0 aliphatic rings. The smallest absolute Gasteiger partial charge is 0.306 e. The lowest BCUT2D eigenvalue weighted by Gasteiger charge is -2.14. The summed E-state index contributed by atoms with van der Waals surface area (Å²) in [6.07, 6.45) is 1.92. The molecule has 16 heavy (non-hydrogen) atoms. The number of nitrogens with two attached hydrogens (primary N) is 1. The number of ether oxygens (including phenoxy) is 1. The first kappa shape index (κ1) is 13.6. The van der Waals surface area contributed by atoms with E-state index >= 15 is 0 Å². The van der Waals surface area contributed by atoms with E-state index in [1.807, 2.05) is 6.07 Å². The Balaban J connectivity index is 2.90. The molecule has 0 aromatic carbocycles. The van der Waals surface area contributed by atoms with Crippen molar-refractivity contribution in [2.24, 2.45) is 5.73 Å². The molecule has 1 atom stereocenters. The fourth-order valence-electron chi connectivity index (χ4n) is 1.30. The maximum absolute atomic E-state index is 11.2. The Labute approximate surface area is 111 Å². The number of esters is 1. The van der Waals surface area contributed by atoms with E-state index in [1.165, 1.54) is 7.11 Å². The van der Waals surface area contributed by atoms with Crippen molar-refractivity contribution >= 4 is 37.8 Å². The van der Waals surface area contributed by atoms with Crippen LogP contribution in [0.15, 0.2) is 21.2 Å². The fourth-order valence-corrected chi connectivity index (χ4v) is 2.61. The highest BCUT2D eigenvalue weighted by Crippen LogP contribution is 2.27. The number of halogens is 2. The molecule has 2 N–H and O–H groups in total. The van der Waals surface area contributed by atoms with Crippen LogP contribution in [0.25, 0.3) is 0 Å². The van der Waals surface area contributed by atoms with Gasteiger partial charge >= 0.3 is 5.97 Å². The van der Waals surface area contributed by atoms with Gasteiger partial charge in [-0.15, -0.1) is 0 Å². The van der Waals surface area contributed by atoms with Gasteiger partial charge in [0.2, 0.25) is 0 Å². The van der Waals surface area contributed by atoms with E-state index in [0.717, 1.165) is 14.6 Å². The largest absolute Gasteiger partial charge is 0.469 e. The molecule has 1 heterocycles. The first-order chi connectivity index (χ1) is 7.58. The maximum atomic E-state index is 11.2. The summed E-state index contributed by atoms with van der Waals surface area (Å²) in [5.74, 6) is -0.415. The summed E-state index contributed by atoms with van der Waals surface area (Å²) in [7, 11) is 1.36. The number of nitrogens with zero attached hydrogens (tertiary/aromatic N) is 1. The van der Waals surface area contributed by atoms with Crippen molar-refractivity contribution in [2.75, 3.05) is 13.7 Å². The molecule has 0 fully saturated rings. The first-order valence-electron chi connectivity index (χ1n) is 4.66. The van der Waals surface area contributed by atoms with Gasteiger partial charge in [-0.1, -0.05) is 0 Å².